The first-order chi connectivity index (χ1) is 14.0. The van der Waals surface area contributed by atoms with Gasteiger partial charge in [0, 0.05) is 11.6 Å². The molecule has 0 bridgehead atoms. The molecule has 0 unspecified atom stereocenters. The summed E-state index contributed by atoms with van der Waals surface area (Å²) in [6, 6.07) is 10.8. The third kappa shape index (κ3) is 5.33. The van der Waals surface area contributed by atoms with E-state index >= 15 is 0 Å². The zero-order valence-electron chi connectivity index (χ0n) is 16.2. The molecule has 0 radical (unpaired) electrons. The van der Waals surface area contributed by atoms with Crippen molar-refractivity contribution in [3.8, 4) is 17.6 Å². The standard InChI is InChI=1S/C20H18FN3O4S/c1-26-16-8-6-12(9-17(16)27-2)18(19(29-4)24-20(25)28-3)23-14-7-5-13(11-22)15(21)10-14/h5-10H,1-4H3/b23-18+,24-19-. The van der Waals surface area contributed by atoms with Crippen molar-refractivity contribution >= 4 is 34.3 Å². The van der Waals surface area contributed by atoms with Crippen molar-refractivity contribution in [3.63, 3.8) is 0 Å². The van der Waals surface area contributed by atoms with Crippen LogP contribution in [0.25, 0.3) is 0 Å². The van der Waals surface area contributed by atoms with Crippen LogP contribution in [0.4, 0.5) is 14.9 Å². The number of rotatable bonds is 5. The van der Waals surface area contributed by atoms with Crippen molar-refractivity contribution in [3.05, 3.63) is 53.3 Å². The Hall–Kier alpha value is -3.38. The molecule has 0 fully saturated rings. The number of aliphatic imine (C=N–C) groups is 2. The third-order valence-electron chi connectivity index (χ3n) is 3.73. The summed E-state index contributed by atoms with van der Waals surface area (Å²) in [7, 11) is 4.22. The Kier molecular flexibility index (Phi) is 7.74. The van der Waals surface area contributed by atoms with Gasteiger partial charge in [-0.05, 0) is 36.6 Å². The van der Waals surface area contributed by atoms with Gasteiger partial charge in [-0.1, -0.05) is 0 Å². The maximum atomic E-state index is 14.0. The quantitative estimate of drug-likeness (QED) is 0.532. The highest BCUT2D eigenvalue weighted by atomic mass is 32.2. The maximum absolute atomic E-state index is 14.0. The summed E-state index contributed by atoms with van der Waals surface area (Å²) in [5, 5.41) is 9.16. The van der Waals surface area contributed by atoms with Gasteiger partial charge in [0.05, 0.1) is 32.6 Å². The fourth-order valence-corrected chi connectivity index (χ4v) is 2.86. The van der Waals surface area contributed by atoms with Crippen LogP contribution in [0.2, 0.25) is 0 Å². The molecule has 0 saturated heterocycles. The zero-order valence-corrected chi connectivity index (χ0v) is 17.0. The van der Waals surface area contributed by atoms with Crippen LogP contribution in [-0.2, 0) is 4.74 Å². The number of halogens is 1. The van der Waals surface area contributed by atoms with Gasteiger partial charge < -0.3 is 14.2 Å². The molecule has 2 aromatic carbocycles. The van der Waals surface area contributed by atoms with Crippen molar-refractivity contribution < 1.29 is 23.4 Å². The van der Waals surface area contributed by atoms with Crippen molar-refractivity contribution in [1.29, 1.82) is 5.26 Å². The Morgan fingerprint density at radius 2 is 1.83 bits per heavy atom. The van der Waals surface area contributed by atoms with E-state index in [-0.39, 0.29) is 16.3 Å². The smallest absolute Gasteiger partial charge is 0.434 e. The van der Waals surface area contributed by atoms with Crippen molar-refractivity contribution in [2.24, 2.45) is 9.98 Å². The second kappa shape index (κ2) is 10.2. The number of nitriles is 1. The van der Waals surface area contributed by atoms with Gasteiger partial charge in [0.1, 0.15) is 22.6 Å². The topological polar surface area (TPSA) is 93.3 Å². The van der Waals surface area contributed by atoms with Gasteiger partial charge in [0.25, 0.3) is 0 Å². The van der Waals surface area contributed by atoms with Crippen LogP contribution >= 0.6 is 11.8 Å². The monoisotopic (exact) mass is 415 g/mol. The number of thioether (sulfide) groups is 1. The minimum Gasteiger partial charge on any atom is -0.493 e. The highest BCUT2D eigenvalue weighted by Gasteiger charge is 2.17. The molecule has 0 N–H and O–H groups in total. The molecule has 0 aliphatic rings. The average molecular weight is 415 g/mol. The Balaban J connectivity index is 2.69. The van der Waals surface area contributed by atoms with E-state index in [4.69, 9.17) is 14.7 Å². The second-order valence-corrected chi connectivity index (χ2v) is 6.19. The number of amides is 1. The molecule has 7 nitrogen and oxygen atoms in total. The van der Waals surface area contributed by atoms with Crippen LogP contribution < -0.4 is 9.47 Å². The lowest BCUT2D eigenvalue weighted by molar-refractivity contribution is 0.183. The van der Waals surface area contributed by atoms with E-state index in [9.17, 15) is 9.18 Å². The third-order valence-corrected chi connectivity index (χ3v) is 4.41. The SMILES string of the molecule is COC(=O)/N=C(SC)/C(=N/c1ccc(C#N)c(F)c1)c1ccc(OC)c(OC)c1. The molecule has 150 valence electrons. The summed E-state index contributed by atoms with van der Waals surface area (Å²) in [6.45, 7) is 0. The summed E-state index contributed by atoms with van der Waals surface area (Å²) in [6.07, 6.45) is 0.922. The van der Waals surface area contributed by atoms with Crippen LogP contribution in [0.1, 0.15) is 11.1 Å². The molecule has 0 aliphatic heterocycles. The number of benzene rings is 2. The first-order valence-electron chi connectivity index (χ1n) is 8.19. The van der Waals surface area contributed by atoms with Crippen LogP contribution in [0.15, 0.2) is 46.4 Å². The molecule has 1 amide bonds. The molecule has 9 heteroatoms. The second-order valence-electron chi connectivity index (χ2n) is 5.40. The molecule has 0 saturated carbocycles. The summed E-state index contributed by atoms with van der Waals surface area (Å²) < 4.78 is 29.2. The average Bonchev–Trinajstić information content (AvgIpc) is 2.75. The number of nitrogens with zero attached hydrogens (tertiary/aromatic N) is 3. The molecule has 0 atom stereocenters. The highest BCUT2D eigenvalue weighted by molar-refractivity contribution is 8.15. The molecule has 29 heavy (non-hydrogen) atoms. The van der Waals surface area contributed by atoms with Crippen LogP contribution in [0, 0.1) is 17.1 Å². The molecule has 0 spiro atoms. The van der Waals surface area contributed by atoms with Gasteiger partial charge in [0.2, 0.25) is 0 Å². The molecule has 2 rings (SSSR count). The number of methoxy groups -OCH3 is 3. The van der Waals surface area contributed by atoms with E-state index in [0.29, 0.717) is 22.8 Å². The van der Waals surface area contributed by atoms with Crippen molar-refractivity contribution in [2.45, 2.75) is 0 Å². The van der Waals surface area contributed by atoms with Crippen molar-refractivity contribution in [2.75, 3.05) is 27.6 Å². The largest absolute Gasteiger partial charge is 0.493 e. The predicted octanol–water partition coefficient (Wildman–Crippen LogP) is 4.36. The molecule has 2 aromatic rings. The summed E-state index contributed by atoms with van der Waals surface area (Å²) in [5.41, 5.74) is 1.01. The van der Waals surface area contributed by atoms with Gasteiger partial charge >= 0.3 is 6.09 Å². The lowest BCUT2D eigenvalue weighted by Crippen LogP contribution is -2.14. The normalized spacial score (nSPS) is 11.6. The molecule has 0 aliphatic carbocycles. The molecule has 0 heterocycles. The Bertz CT molecular complexity index is 1020. The van der Waals surface area contributed by atoms with Gasteiger partial charge in [-0.3, -0.25) is 0 Å². The molecular formula is C20H18FN3O4S. The number of carbonyl (C=O) groups excluding carboxylic acids is 1. The Morgan fingerprint density at radius 1 is 1.10 bits per heavy atom. The zero-order chi connectivity index (χ0) is 21.4. The van der Waals surface area contributed by atoms with E-state index in [2.05, 4.69) is 14.7 Å². The first kappa shape index (κ1) is 21.9. The molecule has 0 aromatic heterocycles. The minimum atomic E-state index is -0.798. The van der Waals surface area contributed by atoms with E-state index < -0.39 is 11.9 Å². The Morgan fingerprint density at radius 3 is 2.38 bits per heavy atom. The van der Waals surface area contributed by atoms with E-state index in [1.165, 1.54) is 45.2 Å². The summed E-state index contributed by atoms with van der Waals surface area (Å²) in [5.74, 6) is 0.258. The van der Waals surface area contributed by atoms with Gasteiger partial charge in [-0.15, -0.1) is 11.8 Å². The van der Waals surface area contributed by atoms with Crippen LogP contribution in [0.3, 0.4) is 0 Å². The molecular weight excluding hydrogens is 397 g/mol. The predicted molar refractivity (Wildman–Crippen MR) is 110 cm³/mol. The maximum Gasteiger partial charge on any atom is 0.434 e. The Labute approximate surface area is 171 Å². The van der Waals surface area contributed by atoms with E-state index in [1.807, 2.05) is 0 Å². The minimum absolute atomic E-state index is 0.0927. The van der Waals surface area contributed by atoms with Gasteiger partial charge in [-0.25, -0.2) is 14.2 Å². The van der Waals surface area contributed by atoms with E-state index in [1.54, 1.807) is 30.5 Å². The fraction of sp³-hybridized carbons (Fsp3) is 0.200. The fourth-order valence-electron chi connectivity index (χ4n) is 2.34. The van der Waals surface area contributed by atoms with E-state index in [0.717, 1.165) is 6.07 Å². The number of hydrogen-bond acceptors (Lipinski definition) is 7. The number of ether oxygens (including phenoxy) is 3. The van der Waals surface area contributed by atoms with Crippen LogP contribution in [-0.4, -0.2) is 44.4 Å². The highest BCUT2D eigenvalue weighted by Crippen LogP contribution is 2.29. The lowest BCUT2D eigenvalue weighted by Gasteiger charge is -2.12. The number of hydrogen-bond donors (Lipinski definition) is 0. The van der Waals surface area contributed by atoms with Gasteiger partial charge in [0.15, 0.2) is 11.5 Å². The van der Waals surface area contributed by atoms with Gasteiger partial charge in [-0.2, -0.15) is 10.3 Å². The van der Waals surface area contributed by atoms with Crippen molar-refractivity contribution in [1.82, 2.24) is 0 Å². The number of carbonyl (C=O) groups is 1. The first-order valence-corrected chi connectivity index (χ1v) is 9.41. The summed E-state index contributed by atoms with van der Waals surface area (Å²) >= 11 is 1.17. The summed E-state index contributed by atoms with van der Waals surface area (Å²) in [4.78, 5) is 20.1. The van der Waals surface area contributed by atoms with Crippen LogP contribution in [0.5, 0.6) is 11.5 Å². The lowest BCUT2D eigenvalue weighted by atomic mass is 10.1.